The molecule has 0 aliphatic carbocycles. The lowest BCUT2D eigenvalue weighted by Gasteiger charge is -2.16. The van der Waals surface area contributed by atoms with Gasteiger partial charge in [-0.2, -0.15) is 0 Å². The molecule has 19 heavy (non-hydrogen) atoms. The van der Waals surface area contributed by atoms with Crippen molar-refractivity contribution in [1.29, 1.82) is 0 Å². The first-order valence-corrected chi connectivity index (χ1v) is 7.42. The lowest BCUT2D eigenvalue weighted by Crippen LogP contribution is -2.24. The van der Waals surface area contributed by atoms with Crippen LogP contribution in [0.2, 0.25) is 0 Å². The van der Waals surface area contributed by atoms with Crippen molar-refractivity contribution in [2.24, 2.45) is 0 Å². The zero-order valence-corrected chi connectivity index (χ0v) is 12.4. The smallest absolute Gasteiger partial charge is 0.403 e. The Morgan fingerprint density at radius 3 is 2.37 bits per heavy atom. The van der Waals surface area contributed by atoms with Crippen LogP contribution in [0.25, 0.3) is 0 Å². The minimum absolute atomic E-state index is 0.269. The number of alkyl halides is 3. The summed E-state index contributed by atoms with van der Waals surface area (Å²) in [7, 11) is -3.75. The maximum atomic E-state index is 12.2. The summed E-state index contributed by atoms with van der Waals surface area (Å²) in [4.78, 5) is 0. The van der Waals surface area contributed by atoms with Crippen LogP contribution in [-0.4, -0.2) is 20.0 Å². The number of hydrogen-bond acceptors (Lipinski definition) is 3. The third-order valence-corrected chi connectivity index (χ3v) is 4.28. The summed E-state index contributed by atoms with van der Waals surface area (Å²) in [5.41, 5.74) is -0.269. The van der Waals surface area contributed by atoms with Crippen molar-refractivity contribution in [2.75, 3.05) is 4.72 Å². The fourth-order valence-electron chi connectivity index (χ4n) is 1.06. The molecular weight excluding hydrogens is 351 g/mol. The average molecular weight is 362 g/mol. The zero-order valence-electron chi connectivity index (χ0n) is 9.95. The molecule has 0 spiro atoms. The average Bonchev–Trinajstić information content (AvgIpc) is 2.19. The van der Waals surface area contributed by atoms with Crippen molar-refractivity contribution in [1.82, 2.24) is 0 Å². The summed E-state index contributed by atoms with van der Waals surface area (Å²) in [5.74, 6) is -0.619. The molecular formula is C10H11BrF3NO3S. The Bertz CT molecular complexity index is 558. The molecule has 0 unspecified atom stereocenters. The first-order valence-electron chi connectivity index (χ1n) is 5.08. The highest BCUT2D eigenvalue weighted by Crippen LogP contribution is 2.33. The second-order valence-corrected chi connectivity index (χ2v) is 7.04. The van der Waals surface area contributed by atoms with Crippen LogP contribution in [0.3, 0.4) is 0 Å². The summed E-state index contributed by atoms with van der Waals surface area (Å²) in [6.45, 7) is 2.82. The first-order chi connectivity index (χ1) is 8.51. The summed E-state index contributed by atoms with van der Waals surface area (Å²) in [6, 6.07) is 3.62. The minimum atomic E-state index is -4.90. The van der Waals surface area contributed by atoms with Crippen LogP contribution in [0.15, 0.2) is 22.7 Å². The van der Waals surface area contributed by atoms with Crippen LogP contribution < -0.4 is 9.46 Å². The lowest BCUT2D eigenvalue weighted by molar-refractivity contribution is -0.274. The molecule has 0 fully saturated rings. The highest BCUT2D eigenvalue weighted by molar-refractivity contribution is 9.10. The predicted octanol–water partition coefficient (Wildman–Crippen LogP) is 3.50. The van der Waals surface area contributed by atoms with Gasteiger partial charge in [-0.3, -0.25) is 4.72 Å². The second-order valence-electron chi connectivity index (χ2n) is 3.88. The summed E-state index contributed by atoms with van der Waals surface area (Å²) in [5, 5.41) is -0.783. The summed E-state index contributed by atoms with van der Waals surface area (Å²) < 4.78 is 66.2. The van der Waals surface area contributed by atoms with Crippen molar-refractivity contribution in [3.8, 4) is 5.75 Å². The van der Waals surface area contributed by atoms with Crippen LogP contribution >= 0.6 is 15.9 Å². The monoisotopic (exact) mass is 361 g/mol. The van der Waals surface area contributed by atoms with E-state index in [1.54, 1.807) is 0 Å². The number of halogens is 4. The van der Waals surface area contributed by atoms with E-state index >= 15 is 0 Å². The van der Waals surface area contributed by atoms with E-state index in [4.69, 9.17) is 0 Å². The van der Waals surface area contributed by atoms with E-state index < -0.39 is 27.4 Å². The minimum Gasteiger partial charge on any atom is -0.403 e. The molecule has 1 aromatic carbocycles. The highest BCUT2D eigenvalue weighted by atomic mass is 79.9. The standard InChI is InChI=1S/C10H11BrF3NO3S/c1-6(2)19(16,17)15-8-4-3-7(11)5-9(8)18-10(12,13)14/h3-6,15H,1-2H3. The van der Waals surface area contributed by atoms with Gasteiger partial charge < -0.3 is 4.74 Å². The molecule has 0 aliphatic rings. The van der Waals surface area contributed by atoms with Crippen molar-refractivity contribution in [3.63, 3.8) is 0 Å². The molecule has 108 valence electrons. The van der Waals surface area contributed by atoms with Gasteiger partial charge in [-0.05, 0) is 32.0 Å². The Morgan fingerprint density at radius 2 is 1.89 bits per heavy atom. The largest absolute Gasteiger partial charge is 0.573 e. The SMILES string of the molecule is CC(C)S(=O)(=O)Nc1ccc(Br)cc1OC(F)(F)F. The van der Waals surface area contributed by atoms with Crippen LogP contribution in [0, 0.1) is 0 Å². The fourth-order valence-corrected chi connectivity index (χ4v) is 2.11. The molecule has 0 saturated carbocycles. The molecule has 9 heteroatoms. The van der Waals surface area contributed by atoms with Crippen molar-refractivity contribution >= 4 is 31.6 Å². The third kappa shape index (κ3) is 4.90. The lowest BCUT2D eigenvalue weighted by atomic mass is 10.3. The molecule has 0 aliphatic heterocycles. The predicted molar refractivity (Wildman–Crippen MR) is 68.5 cm³/mol. The van der Waals surface area contributed by atoms with Gasteiger partial charge in [0.15, 0.2) is 5.75 Å². The van der Waals surface area contributed by atoms with Crippen LogP contribution in [0.1, 0.15) is 13.8 Å². The molecule has 0 heterocycles. The van der Waals surface area contributed by atoms with E-state index in [1.165, 1.54) is 26.0 Å². The van der Waals surface area contributed by atoms with Gasteiger partial charge in [0.1, 0.15) is 0 Å². The zero-order chi connectivity index (χ0) is 14.8. The molecule has 0 bridgehead atoms. The molecule has 4 nitrogen and oxygen atoms in total. The number of hydrogen-bond donors (Lipinski definition) is 1. The fraction of sp³-hybridized carbons (Fsp3) is 0.400. The number of anilines is 1. The quantitative estimate of drug-likeness (QED) is 0.892. The van der Waals surface area contributed by atoms with E-state index in [0.29, 0.717) is 4.47 Å². The van der Waals surface area contributed by atoms with Gasteiger partial charge in [0.2, 0.25) is 10.0 Å². The number of ether oxygens (including phenoxy) is 1. The van der Waals surface area contributed by atoms with Crippen LogP contribution in [0.4, 0.5) is 18.9 Å². The first kappa shape index (κ1) is 16.1. The van der Waals surface area contributed by atoms with Gasteiger partial charge in [0.25, 0.3) is 0 Å². The Hall–Kier alpha value is -0.960. The van der Waals surface area contributed by atoms with Gasteiger partial charge in [-0.25, -0.2) is 8.42 Å². The summed E-state index contributed by atoms with van der Waals surface area (Å²) in [6.07, 6.45) is -4.90. The second kappa shape index (κ2) is 5.58. The number of sulfonamides is 1. The maximum absolute atomic E-state index is 12.2. The van der Waals surface area contributed by atoms with E-state index in [0.717, 1.165) is 6.07 Å². The molecule has 0 aromatic heterocycles. The van der Waals surface area contributed by atoms with E-state index in [2.05, 4.69) is 25.4 Å². The maximum Gasteiger partial charge on any atom is 0.573 e. The van der Waals surface area contributed by atoms with Gasteiger partial charge in [-0.15, -0.1) is 13.2 Å². The van der Waals surface area contributed by atoms with Crippen molar-refractivity contribution in [3.05, 3.63) is 22.7 Å². The molecule has 0 saturated heterocycles. The third-order valence-electron chi connectivity index (χ3n) is 2.04. The van der Waals surface area contributed by atoms with E-state index in [1.807, 2.05) is 0 Å². The Labute approximate surface area is 117 Å². The normalized spacial score (nSPS) is 12.6. The van der Waals surface area contributed by atoms with E-state index in [9.17, 15) is 21.6 Å². The number of nitrogens with one attached hydrogen (secondary N) is 1. The molecule has 0 amide bonds. The number of rotatable bonds is 4. The topological polar surface area (TPSA) is 55.4 Å². The Morgan fingerprint density at radius 1 is 1.32 bits per heavy atom. The van der Waals surface area contributed by atoms with Crippen molar-refractivity contribution in [2.45, 2.75) is 25.5 Å². The van der Waals surface area contributed by atoms with Crippen LogP contribution in [-0.2, 0) is 10.0 Å². The van der Waals surface area contributed by atoms with Crippen LogP contribution in [0.5, 0.6) is 5.75 Å². The van der Waals surface area contributed by atoms with Gasteiger partial charge >= 0.3 is 6.36 Å². The van der Waals surface area contributed by atoms with Crippen molar-refractivity contribution < 1.29 is 26.3 Å². The molecule has 1 N–H and O–H groups in total. The Balaban J connectivity index is 3.14. The highest BCUT2D eigenvalue weighted by Gasteiger charge is 2.33. The van der Waals surface area contributed by atoms with Gasteiger partial charge in [0.05, 0.1) is 10.9 Å². The molecule has 1 aromatic rings. The molecule has 0 radical (unpaired) electrons. The summed E-state index contributed by atoms with van der Waals surface area (Å²) >= 11 is 2.99. The molecule has 0 atom stereocenters. The Kier molecular flexibility index (Phi) is 4.72. The molecule has 1 rings (SSSR count). The van der Waals surface area contributed by atoms with Gasteiger partial charge in [-0.1, -0.05) is 15.9 Å². The van der Waals surface area contributed by atoms with E-state index in [-0.39, 0.29) is 5.69 Å². The van der Waals surface area contributed by atoms with Gasteiger partial charge in [0, 0.05) is 4.47 Å². The number of benzene rings is 1.